The van der Waals surface area contributed by atoms with Crippen LogP contribution in [0.5, 0.6) is 0 Å². The molecule has 2 atom stereocenters. The van der Waals surface area contributed by atoms with Gasteiger partial charge >= 0.3 is 0 Å². The van der Waals surface area contributed by atoms with Gasteiger partial charge in [-0.05, 0) is 46.1 Å². The van der Waals surface area contributed by atoms with Crippen LogP contribution in [0.25, 0.3) is 0 Å². The molecule has 2 saturated heterocycles. The second-order valence-corrected chi connectivity index (χ2v) is 10.6. The first kappa shape index (κ1) is 20.3. The number of carbonyl (C=O) groups is 1. The highest BCUT2D eigenvalue weighted by molar-refractivity contribution is 7.91. The van der Waals surface area contributed by atoms with Crippen LogP contribution in [0.1, 0.15) is 49.2 Å². The van der Waals surface area contributed by atoms with Crippen molar-refractivity contribution in [1.29, 1.82) is 0 Å². The number of nitrogens with zero attached hydrogens (tertiary/aromatic N) is 4. The van der Waals surface area contributed by atoms with Gasteiger partial charge in [-0.3, -0.25) is 14.4 Å². The van der Waals surface area contributed by atoms with E-state index in [1.165, 1.54) is 6.42 Å². The summed E-state index contributed by atoms with van der Waals surface area (Å²) in [7, 11) is -0.982. The Balaban J connectivity index is 1.64. The van der Waals surface area contributed by atoms with E-state index in [4.69, 9.17) is 0 Å². The SMILES string of the molecule is Cc1nn([C@H]2CCS(=O)(=O)C2)c(C)c1CN(C)CC(=O)N1CCC[C@H](C)C1. The highest BCUT2D eigenvalue weighted by atomic mass is 32.2. The lowest BCUT2D eigenvalue weighted by Crippen LogP contribution is -2.43. The number of piperidine rings is 1. The Bertz CT molecular complexity index is 802. The largest absolute Gasteiger partial charge is 0.341 e. The summed E-state index contributed by atoms with van der Waals surface area (Å²) in [6, 6.07) is -0.0655. The molecular weight excluding hydrogens is 364 g/mol. The number of likely N-dealkylation sites (tertiary alicyclic amines) is 1. The van der Waals surface area contributed by atoms with Gasteiger partial charge in [0.15, 0.2) is 9.84 Å². The maximum atomic E-state index is 12.6. The molecule has 3 rings (SSSR count). The minimum Gasteiger partial charge on any atom is -0.341 e. The Morgan fingerprint density at radius 1 is 1.30 bits per heavy atom. The van der Waals surface area contributed by atoms with Gasteiger partial charge < -0.3 is 4.90 Å². The molecule has 0 radical (unpaired) electrons. The van der Waals surface area contributed by atoms with Crippen LogP contribution < -0.4 is 0 Å². The lowest BCUT2D eigenvalue weighted by molar-refractivity contribution is -0.133. The first-order valence-corrected chi connectivity index (χ1v) is 11.7. The van der Waals surface area contributed by atoms with Crippen LogP contribution in [-0.4, -0.2) is 72.1 Å². The third-order valence-corrected chi connectivity index (χ3v) is 7.62. The molecule has 8 heteroatoms. The van der Waals surface area contributed by atoms with Gasteiger partial charge in [-0.2, -0.15) is 5.10 Å². The molecule has 0 aliphatic carbocycles. The Kier molecular flexibility index (Phi) is 5.96. The number of rotatable bonds is 5. The van der Waals surface area contributed by atoms with Crippen molar-refractivity contribution in [2.24, 2.45) is 5.92 Å². The first-order chi connectivity index (χ1) is 12.7. The third-order valence-electron chi connectivity index (χ3n) is 5.87. The smallest absolute Gasteiger partial charge is 0.236 e. The Morgan fingerprint density at radius 2 is 2.04 bits per heavy atom. The molecule has 0 aromatic carbocycles. The van der Waals surface area contributed by atoms with Gasteiger partial charge in [-0.25, -0.2) is 8.42 Å². The van der Waals surface area contributed by atoms with Gasteiger partial charge in [0.05, 0.1) is 29.8 Å². The quantitative estimate of drug-likeness (QED) is 0.755. The number of carbonyl (C=O) groups excluding carboxylic acids is 1. The molecular formula is C19H32N4O3S. The second-order valence-electron chi connectivity index (χ2n) is 8.41. The van der Waals surface area contributed by atoms with Crippen molar-refractivity contribution >= 4 is 15.7 Å². The van der Waals surface area contributed by atoms with Crippen molar-refractivity contribution in [1.82, 2.24) is 19.6 Å². The molecule has 2 fully saturated rings. The van der Waals surface area contributed by atoms with Crippen LogP contribution in [0.2, 0.25) is 0 Å². The molecule has 152 valence electrons. The lowest BCUT2D eigenvalue weighted by atomic mass is 10.0. The first-order valence-electron chi connectivity index (χ1n) is 9.87. The molecule has 3 heterocycles. The average Bonchev–Trinajstić information content (AvgIpc) is 3.08. The zero-order valence-electron chi connectivity index (χ0n) is 16.9. The molecule has 1 aromatic heterocycles. The van der Waals surface area contributed by atoms with E-state index in [-0.39, 0.29) is 23.5 Å². The van der Waals surface area contributed by atoms with E-state index < -0.39 is 9.84 Å². The summed E-state index contributed by atoms with van der Waals surface area (Å²) < 4.78 is 25.5. The molecule has 2 aliphatic heterocycles. The number of hydrogen-bond donors (Lipinski definition) is 0. The topological polar surface area (TPSA) is 75.5 Å². The van der Waals surface area contributed by atoms with E-state index in [1.807, 2.05) is 35.4 Å². The van der Waals surface area contributed by atoms with Gasteiger partial charge in [-0.15, -0.1) is 0 Å². The molecule has 1 aromatic rings. The molecule has 0 N–H and O–H groups in total. The maximum absolute atomic E-state index is 12.6. The number of aromatic nitrogens is 2. The second kappa shape index (κ2) is 7.91. The highest BCUT2D eigenvalue weighted by Gasteiger charge is 2.31. The zero-order chi connectivity index (χ0) is 19.8. The number of amides is 1. The maximum Gasteiger partial charge on any atom is 0.236 e. The van der Waals surface area contributed by atoms with Crippen molar-refractivity contribution < 1.29 is 13.2 Å². The minimum atomic E-state index is -2.94. The standard InChI is InChI=1S/C19H32N4O3S/c1-14-6-5-8-22(10-14)19(24)12-21(4)11-18-15(2)20-23(16(18)3)17-7-9-27(25,26)13-17/h14,17H,5-13H2,1-4H3/t14-,17-/m0/s1. The van der Waals surface area contributed by atoms with E-state index in [0.717, 1.165) is 36.5 Å². The van der Waals surface area contributed by atoms with E-state index in [1.54, 1.807) is 0 Å². The summed E-state index contributed by atoms with van der Waals surface area (Å²) >= 11 is 0. The predicted molar refractivity (Wildman–Crippen MR) is 105 cm³/mol. The zero-order valence-corrected chi connectivity index (χ0v) is 17.8. The molecule has 7 nitrogen and oxygen atoms in total. The van der Waals surface area contributed by atoms with Crippen molar-refractivity contribution in [2.75, 3.05) is 38.2 Å². The van der Waals surface area contributed by atoms with Crippen LogP contribution in [0.4, 0.5) is 0 Å². The van der Waals surface area contributed by atoms with Gasteiger partial charge in [0, 0.05) is 30.9 Å². The normalized spacial score (nSPS) is 25.3. The van der Waals surface area contributed by atoms with Gasteiger partial charge in [0.25, 0.3) is 0 Å². The van der Waals surface area contributed by atoms with E-state index in [0.29, 0.717) is 25.4 Å². The summed E-state index contributed by atoms with van der Waals surface area (Å²) in [6.45, 7) is 8.93. The molecule has 0 spiro atoms. The summed E-state index contributed by atoms with van der Waals surface area (Å²) in [5.41, 5.74) is 3.03. The van der Waals surface area contributed by atoms with Gasteiger partial charge in [-0.1, -0.05) is 6.92 Å². The van der Waals surface area contributed by atoms with Crippen molar-refractivity contribution in [3.63, 3.8) is 0 Å². The average molecular weight is 397 g/mol. The fourth-order valence-corrected chi connectivity index (χ4v) is 6.01. The lowest BCUT2D eigenvalue weighted by Gasteiger charge is -2.32. The Morgan fingerprint density at radius 3 is 2.67 bits per heavy atom. The van der Waals surface area contributed by atoms with Gasteiger partial charge in [0.1, 0.15) is 0 Å². The van der Waals surface area contributed by atoms with E-state index >= 15 is 0 Å². The number of hydrogen-bond acceptors (Lipinski definition) is 5. The third kappa shape index (κ3) is 4.71. The molecule has 1 amide bonds. The highest BCUT2D eigenvalue weighted by Crippen LogP contribution is 2.27. The number of likely N-dealkylation sites (N-methyl/N-ethyl adjacent to an activating group) is 1. The molecule has 0 unspecified atom stereocenters. The Labute approximate surface area is 162 Å². The van der Waals surface area contributed by atoms with Crippen LogP contribution >= 0.6 is 0 Å². The van der Waals surface area contributed by atoms with E-state index in [9.17, 15) is 13.2 Å². The molecule has 2 aliphatic rings. The monoisotopic (exact) mass is 396 g/mol. The number of sulfone groups is 1. The van der Waals surface area contributed by atoms with Crippen molar-refractivity contribution in [3.05, 3.63) is 17.0 Å². The molecule has 0 saturated carbocycles. The van der Waals surface area contributed by atoms with Gasteiger partial charge in [0.2, 0.25) is 5.91 Å². The van der Waals surface area contributed by atoms with Crippen LogP contribution in [0, 0.1) is 19.8 Å². The van der Waals surface area contributed by atoms with E-state index in [2.05, 4.69) is 12.0 Å². The van der Waals surface area contributed by atoms with Crippen molar-refractivity contribution in [3.8, 4) is 0 Å². The Hall–Kier alpha value is -1.41. The van der Waals surface area contributed by atoms with Crippen LogP contribution in [0.3, 0.4) is 0 Å². The summed E-state index contributed by atoms with van der Waals surface area (Å²) in [4.78, 5) is 16.6. The van der Waals surface area contributed by atoms with Crippen LogP contribution in [0.15, 0.2) is 0 Å². The molecule has 0 bridgehead atoms. The predicted octanol–water partition coefficient (Wildman–Crippen LogP) is 1.55. The molecule has 27 heavy (non-hydrogen) atoms. The van der Waals surface area contributed by atoms with Crippen molar-refractivity contribution in [2.45, 2.75) is 52.6 Å². The summed E-state index contributed by atoms with van der Waals surface area (Å²) in [5, 5.41) is 4.62. The van der Waals surface area contributed by atoms with Crippen LogP contribution in [-0.2, 0) is 21.2 Å². The summed E-state index contributed by atoms with van der Waals surface area (Å²) in [5.74, 6) is 1.19. The summed E-state index contributed by atoms with van der Waals surface area (Å²) in [6.07, 6.45) is 2.92. The number of aryl methyl sites for hydroxylation is 1. The minimum absolute atomic E-state index is 0.0655. The fourth-order valence-electron chi connectivity index (χ4n) is 4.32. The fraction of sp³-hybridized carbons (Fsp3) is 0.789.